The number of hydrogen-bond donors (Lipinski definition) is 2. The van der Waals surface area contributed by atoms with Crippen molar-refractivity contribution in [3.63, 3.8) is 0 Å². The number of fused-ring (bicyclic) bond motifs is 1. The molecule has 1 saturated carbocycles. The summed E-state index contributed by atoms with van der Waals surface area (Å²) in [5.41, 5.74) is 2.12. The molecule has 1 aliphatic heterocycles. The standard InChI is InChI=1S/C25H29N3O4/c1-16-7-3-4-8-19(16)26-23(29)15-22-24(30)27-20-9-5-6-10-21(20)28(22)25(31)17-11-13-18(32-2)14-12-17/h3-4,7-8,11-14,20-22H,5-6,9-10,15H2,1-2H3,(H,26,29)(H,27,30)/t20-,21+,22+/m0/s1. The van der Waals surface area contributed by atoms with Gasteiger partial charge in [0.2, 0.25) is 11.8 Å². The van der Waals surface area contributed by atoms with E-state index in [2.05, 4.69) is 10.6 Å². The molecule has 4 rings (SSSR count). The van der Waals surface area contributed by atoms with Gasteiger partial charge in [-0.1, -0.05) is 31.0 Å². The number of carbonyl (C=O) groups is 3. The van der Waals surface area contributed by atoms with Gasteiger partial charge in [-0.2, -0.15) is 0 Å². The van der Waals surface area contributed by atoms with Crippen LogP contribution in [-0.4, -0.2) is 47.9 Å². The number of piperazine rings is 1. The molecular weight excluding hydrogens is 406 g/mol. The molecule has 0 spiro atoms. The third kappa shape index (κ3) is 4.47. The average molecular weight is 436 g/mol. The van der Waals surface area contributed by atoms with Crippen molar-refractivity contribution in [2.45, 2.75) is 57.2 Å². The number of nitrogens with zero attached hydrogens (tertiary/aromatic N) is 1. The molecule has 7 nitrogen and oxygen atoms in total. The van der Waals surface area contributed by atoms with Crippen molar-refractivity contribution in [2.24, 2.45) is 0 Å². The highest BCUT2D eigenvalue weighted by molar-refractivity contribution is 6.01. The quantitative estimate of drug-likeness (QED) is 0.755. The molecule has 168 valence electrons. The third-order valence-corrected chi connectivity index (χ3v) is 6.42. The molecule has 2 N–H and O–H groups in total. The van der Waals surface area contributed by atoms with Crippen LogP contribution in [0, 0.1) is 6.92 Å². The smallest absolute Gasteiger partial charge is 0.254 e. The summed E-state index contributed by atoms with van der Waals surface area (Å²) in [6.07, 6.45) is 3.56. The second-order valence-corrected chi connectivity index (χ2v) is 8.49. The Bertz CT molecular complexity index is 1000. The Hall–Kier alpha value is -3.35. The van der Waals surface area contributed by atoms with Crippen molar-refractivity contribution in [1.82, 2.24) is 10.2 Å². The first-order valence-corrected chi connectivity index (χ1v) is 11.1. The van der Waals surface area contributed by atoms with Crippen molar-refractivity contribution in [3.8, 4) is 5.75 Å². The Balaban J connectivity index is 1.60. The van der Waals surface area contributed by atoms with Gasteiger partial charge >= 0.3 is 0 Å². The van der Waals surface area contributed by atoms with E-state index in [0.717, 1.165) is 31.2 Å². The van der Waals surface area contributed by atoms with E-state index >= 15 is 0 Å². The topological polar surface area (TPSA) is 87.7 Å². The third-order valence-electron chi connectivity index (χ3n) is 6.42. The largest absolute Gasteiger partial charge is 0.497 e. The molecule has 2 fully saturated rings. The van der Waals surface area contributed by atoms with E-state index in [-0.39, 0.29) is 36.2 Å². The van der Waals surface area contributed by atoms with Crippen LogP contribution in [0.5, 0.6) is 5.75 Å². The van der Waals surface area contributed by atoms with E-state index in [1.165, 1.54) is 0 Å². The van der Waals surface area contributed by atoms with Gasteiger partial charge in [-0.15, -0.1) is 0 Å². The lowest BCUT2D eigenvalue weighted by molar-refractivity contribution is -0.135. The Labute approximate surface area is 188 Å². The van der Waals surface area contributed by atoms with Gasteiger partial charge in [0.15, 0.2) is 0 Å². The molecule has 3 amide bonds. The van der Waals surface area contributed by atoms with Crippen LogP contribution in [0.1, 0.15) is 48.0 Å². The van der Waals surface area contributed by atoms with Crippen molar-refractivity contribution in [3.05, 3.63) is 59.7 Å². The Morgan fingerprint density at radius 2 is 1.81 bits per heavy atom. The minimum absolute atomic E-state index is 0.0749. The fourth-order valence-electron chi connectivity index (χ4n) is 4.70. The van der Waals surface area contributed by atoms with Crippen LogP contribution in [0.4, 0.5) is 5.69 Å². The first-order chi connectivity index (χ1) is 15.5. The number of para-hydroxylation sites is 1. The number of rotatable bonds is 5. The molecule has 0 aromatic heterocycles. The van der Waals surface area contributed by atoms with Gasteiger partial charge in [0, 0.05) is 17.3 Å². The maximum atomic E-state index is 13.6. The number of hydrogen-bond acceptors (Lipinski definition) is 4. The summed E-state index contributed by atoms with van der Waals surface area (Å²) in [5.74, 6) is -0.132. The summed E-state index contributed by atoms with van der Waals surface area (Å²) in [4.78, 5) is 41.2. The number of methoxy groups -OCH3 is 1. The number of carbonyl (C=O) groups excluding carboxylic acids is 3. The van der Waals surface area contributed by atoms with Gasteiger partial charge in [-0.3, -0.25) is 14.4 Å². The Kier molecular flexibility index (Phi) is 6.44. The SMILES string of the molecule is COc1ccc(C(=O)N2[C@H](CC(=O)Nc3ccccc3C)C(=O)N[C@H]3CCCC[C@H]32)cc1. The second kappa shape index (κ2) is 9.42. The monoisotopic (exact) mass is 435 g/mol. The molecule has 2 aliphatic rings. The fourth-order valence-corrected chi connectivity index (χ4v) is 4.70. The number of ether oxygens (including phenoxy) is 1. The Morgan fingerprint density at radius 1 is 1.09 bits per heavy atom. The fraction of sp³-hybridized carbons (Fsp3) is 0.400. The molecule has 7 heteroatoms. The zero-order valence-corrected chi connectivity index (χ0v) is 18.5. The minimum Gasteiger partial charge on any atom is -0.497 e. The van der Waals surface area contributed by atoms with E-state index in [9.17, 15) is 14.4 Å². The number of benzene rings is 2. The van der Waals surface area contributed by atoms with Crippen LogP contribution < -0.4 is 15.4 Å². The van der Waals surface area contributed by atoms with Crippen molar-refractivity contribution >= 4 is 23.4 Å². The van der Waals surface area contributed by atoms with Crippen molar-refractivity contribution < 1.29 is 19.1 Å². The van der Waals surface area contributed by atoms with Gasteiger partial charge in [-0.25, -0.2) is 0 Å². The van der Waals surface area contributed by atoms with Gasteiger partial charge < -0.3 is 20.3 Å². The van der Waals surface area contributed by atoms with Gasteiger partial charge in [0.25, 0.3) is 5.91 Å². The number of anilines is 1. The summed E-state index contributed by atoms with van der Waals surface area (Å²) in [6, 6.07) is 13.3. The summed E-state index contributed by atoms with van der Waals surface area (Å²) in [7, 11) is 1.57. The lowest BCUT2D eigenvalue weighted by Crippen LogP contribution is -2.68. The van der Waals surface area contributed by atoms with E-state index in [0.29, 0.717) is 17.0 Å². The molecule has 0 bridgehead atoms. The zero-order chi connectivity index (χ0) is 22.7. The number of aryl methyl sites for hydroxylation is 1. The predicted molar refractivity (Wildman–Crippen MR) is 122 cm³/mol. The number of amides is 3. The molecule has 1 heterocycles. The van der Waals surface area contributed by atoms with Crippen LogP contribution in [0.25, 0.3) is 0 Å². The molecule has 32 heavy (non-hydrogen) atoms. The van der Waals surface area contributed by atoms with Crippen molar-refractivity contribution in [1.29, 1.82) is 0 Å². The maximum absolute atomic E-state index is 13.6. The summed E-state index contributed by atoms with van der Waals surface area (Å²) < 4.78 is 5.20. The van der Waals surface area contributed by atoms with Crippen LogP contribution in [0.2, 0.25) is 0 Å². The first kappa shape index (κ1) is 21.9. The minimum atomic E-state index is -0.854. The van der Waals surface area contributed by atoms with E-state index < -0.39 is 6.04 Å². The number of nitrogens with one attached hydrogen (secondary N) is 2. The average Bonchev–Trinajstić information content (AvgIpc) is 2.80. The van der Waals surface area contributed by atoms with Crippen LogP contribution in [0.15, 0.2) is 48.5 Å². The van der Waals surface area contributed by atoms with Crippen LogP contribution in [-0.2, 0) is 9.59 Å². The van der Waals surface area contributed by atoms with E-state index in [4.69, 9.17) is 4.74 Å². The molecule has 0 radical (unpaired) electrons. The lowest BCUT2D eigenvalue weighted by Gasteiger charge is -2.48. The predicted octanol–water partition coefficient (Wildman–Crippen LogP) is 3.28. The normalized spacial score (nSPS) is 22.5. The highest BCUT2D eigenvalue weighted by Crippen LogP contribution is 2.31. The summed E-state index contributed by atoms with van der Waals surface area (Å²) in [6.45, 7) is 1.91. The zero-order valence-electron chi connectivity index (χ0n) is 18.5. The van der Waals surface area contributed by atoms with Gasteiger partial charge in [0.1, 0.15) is 11.8 Å². The Morgan fingerprint density at radius 3 is 2.53 bits per heavy atom. The maximum Gasteiger partial charge on any atom is 0.254 e. The summed E-state index contributed by atoms with van der Waals surface area (Å²) >= 11 is 0. The first-order valence-electron chi connectivity index (χ1n) is 11.1. The molecule has 2 aromatic rings. The van der Waals surface area contributed by atoms with Crippen molar-refractivity contribution in [2.75, 3.05) is 12.4 Å². The van der Waals surface area contributed by atoms with E-state index in [1.807, 2.05) is 31.2 Å². The molecule has 0 unspecified atom stereocenters. The highest BCUT2D eigenvalue weighted by Gasteiger charge is 2.46. The lowest BCUT2D eigenvalue weighted by atomic mass is 9.84. The van der Waals surface area contributed by atoms with Gasteiger partial charge in [-0.05, 0) is 55.7 Å². The molecule has 1 aliphatic carbocycles. The molecule has 1 saturated heterocycles. The summed E-state index contributed by atoms with van der Waals surface area (Å²) in [5, 5.41) is 5.96. The second-order valence-electron chi connectivity index (χ2n) is 8.49. The molecular formula is C25H29N3O4. The van der Waals surface area contributed by atoms with Crippen LogP contribution in [0.3, 0.4) is 0 Å². The molecule has 3 atom stereocenters. The highest BCUT2D eigenvalue weighted by atomic mass is 16.5. The van der Waals surface area contributed by atoms with E-state index in [1.54, 1.807) is 36.3 Å². The van der Waals surface area contributed by atoms with Gasteiger partial charge in [0.05, 0.1) is 19.6 Å². The van der Waals surface area contributed by atoms with Crippen LogP contribution >= 0.6 is 0 Å². The molecule has 2 aromatic carbocycles.